The van der Waals surface area contributed by atoms with Crippen LogP contribution in [-0.4, -0.2) is 25.4 Å². The fraction of sp³-hybridized carbons (Fsp3) is 0.647. The van der Waals surface area contributed by atoms with Crippen LogP contribution >= 0.6 is 0 Å². The fourth-order valence-corrected chi connectivity index (χ4v) is 2.89. The van der Waals surface area contributed by atoms with Gasteiger partial charge in [-0.3, -0.25) is 0 Å². The third kappa shape index (κ3) is 3.97. The highest BCUT2D eigenvalue weighted by atomic mass is 16.5. The second-order valence-corrected chi connectivity index (χ2v) is 5.91. The molecule has 20 heavy (non-hydrogen) atoms. The normalized spacial score (nSPS) is 24.1. The van der Waals surface area contributed by atoms with E-state index in [9.17, 15) is 0 Å². The molecule has 1 aromatic rings. The molecule has 3 atom stereocenters. The molecular weight excluding hydrogens is 250 g/mol. The average Bonchev–Trinajstić information content (AvgIpc) is 2.83. The van der Waals surface area contributed by atoms with Crippen LogP contribution in [0, 0.1) is 5.92 Å². The van der Waals surface area contributed by atoms with Crippen LogP contribution in [0.4, 0.5) is 0 Å². The molecule has 2 rings (SSSR count). The number of ether oxygens (including phenoxy) is 2. The van der Waals surface area contributed by atoms with Crippen LogP contribution in [0.5, 0.6) is 5.75 Å². The molecule has 1 fully saturated rings. The minimum absolute atomic E-state index is 0.217. The Labute approximate surface area is 122 Å². The molecule has 3 nitrogen and oxygen atoms in total. The van der Waals surface area contributed by atoms with Crippen LogP contribution in [0.15, 0.2) is 24.3 Å². The highest BCUT2D eigenvalue weighted by Crippen LogP contribution is 2.32. The topological polar surface area (TPSA) is 30.5 Å². The summed E-state index contributed by atoms with van der Waals surface area (Å²) in [6.45, 7) is 10.2. The molecule has 1 N–H and O–H groups in total. The van der Waals surface area contributed by atoms with Crippen molar-refractivity contribution in [2.75, 3.05) is 13.2 Å². The molecule has 112 valence electrons. The summed E-state index contributed by atoms with van der Waals surface area (Å²) >= 11 is 0. The number of nitrogens with one attached hydrogen (secondary N) is 1. The van der Waals surface area contributed by atoms with Gasteiger partial charge in [-0.1, -0.05) is 19.1 Å². The Bertz CT molecular complexity index is 402. The molecule has 1 aliphatic rings. The summed E-state index contributed by atoms with van der Waals surface area (Å²) in [5, 5.41) is 3.60. The lowest BCUT2D eigenvalue weighted by molar-refractivity contribution is 0.117. The molecule has 0 radical (unpaired) electrons. The fourth-order valence-electron chi connectivity index (χ4n) is 2.89. The van der Waals surface area contributed by atoms with E-state index in [1.807, 2.05) is 13.8 Å². The van der Waals surface area contributed by atoms with Gasteiger partial charge in [0, 0.05) is 12.0 Å². The van der Waals surface area contributed by atoms with Crippen molar-refractivity contribution in [3.8, 4) is 5.75 Å². The molecule has 1 saturated heterocycles. The third-order valence-electron chi connectivity index (χ3n) is 3.74. The Morgan fingerprint density at radius 1 is 1.30 bits per heavy atom. The summed E-state index contributed by atoms with van der Waals surface area (Å²) in [4.78, 5) is 0. The van der Waals surface area contributed by atoms with Gasteiger partial charge in [0.25, 0.3) is 0 Å². The molecule has 0 bridgehead atoms. The van der Waals surface area contributed by atoms with Crippen molar-refractivity contribution in [2.45, 2.75) is 52.4 Å². The van der Waals surface area contributed by atoms with E-state index >= 15 is 0 Å². The maximum Gasteiger partial charge on any atom is 0.119 e. The second-order valence-electron chi connectivity index (χ2n) is 5.91. The largest absolute Gasteiger partial charge is 0.491 e. The maximum absolute atomic E-state index is 5.73. The predicted molar refractivity (Wildman–Crippen MR) is 82.1 cm³/mol. The van der Waals surface area contributed by atoms with Crippen LogP contribution in [0.2, 0.25) is 0 Å². The van der Waals surface area contributed by atoms with E-state index in [2.05, 4.69) is 43.4 Å². The lowest BCUT2D eigenvalue weighted by Crippen LogP contribution is -2.28. The number of rotatable bonds is 6. The van der Waals surface area contributed by atoms with Crippen LogP contribution in [-0.2, 0) is 4.74 Å². The summed E-state index contributed by atoms with van der Waals surface area (Å²) < 4.78 is 11.4. The minimum atomic E-state index is 0.217. The monoisotopic (exact) mass is 277 g/mol. The Balaban J connectivity index is 2.08. The number of hydrogen-bond donors (Lipinski definition) is 1. The van der Waals surface area contributed by atoms with E-state index < -0.39 is 0 Å². The Kier molecular flexibility index (Phi) is 5.44. The Morgan fingerprint density at radius 2 is 2.00 bits per heavy atom. The van der Waals surface area contributed by atoms with E-state index in [0.29, 0.717) is 18.1 Å². The van der Waals surface area contributed by atoms with Crippen molar-refractivity contribution in [1.82, 2.24) is 5.32 Å². The van der Waals surface area contributed by atoms with Crippen LogP contribution < -0.4 is 10.1 Å². The Morgan fingerprint density at radius 3 is 2.50 bits per heavy atom. The summed E-state index contributed by atoms with van der Waals surface area (Å²) in [5.41, 5.74) is 1.32. The first-order chi connectivity index (χ1) is 9.60. The van der Waals surface area contributed by atoms with E-state index in [4.69, 9.17) is 9.47 Å². The molecule has 0 aliphatic carbocycles. The Hall–Kier alpha value is -1.06. The van der Waals surface area contributed by atoms with Gasteiger partial charge >= 0.3 is 0 Å². The molecule has 0 spiro atoms. The summed E-state index contributed by atoms with van der Waals surface area (Å²) in [6.07, 6.45) is 1.72. The molecule has 3 heteroatoms. The van der Waals surface area contributed by atoms with Gasteiger partial charge in [-0.15, -0.1) is 0 Å². The zero-order valence-electron chi connectivity index (χ0n) is 13.1. The van der Waals surface area contributed by atoms with Crippen LogP contribution in [0.3, 0.4) is 0 Å². The zero-order chi connectivity index (χ0) is 14.5. The molecule has 0 aromatic heterocycles. The summed E-state index contributed by atoms with van der Waals surface area (Å²) in [5.74, 6) is 1.50. The smallest absolute Gasteiger partial charge is 0.119 e. The third-order valence-corrected chi connectivity index (χ3v) is 3.74. The van der Waals surface area contributed by atoms with Crippen molar-refractivity contribution in [1.29, 1.82) is 0 Å². The van der Waals surface area contributed by atoms with Crippen molar-refractivity contribution >= 4 is 0 Å². The summed E-state index contributed by atoms with van der Waals surface area (Å²) in [7, 11) is 0. The van der Waals surface area contributed by atoms with Crippen molar-refractivity contribution < 1.29 is 9.47 Å². The van der Waals surface area contributed by atoms with Gasteiger partial charge in [-0.25, -0.2) is 0 Å². The SMILES string of the molecule is CCNC(c1ccc(OC(C)C)cc1)C1COC(C)C1. The number of benzene rings is 1. The highest BCUT2D eigenvalue weighted by Gasteiger charge is 2.30. The quantitative estimate of drug-likeness (QED) is 0.862. The highest BCUT2D eigenvalue weighted by molar-refractivity contribution is 5.30. The maximum atomic E-state index is 5.73. The second kappa shape index (κ2) is 7.09. The van der Waals surface area contributed by atoms with Gasteiger partial charge in [-0.2, -0.15) is 0 Å². The zero-order valence-corrected chi connectivity index (χ0v) is 13.1. The first kappa shape index (κ1) is 15.3. The van der Waals surface area contributed by atoms with E-state index in [1.54, 1.807) is 0 Å². The minimum Gasteiger partial charge on any atom is -0.491 e. The first-order valence-electron chi connectivity index (χ1n) is 7.71. The molecule has 1 aromatic carbocycles. The lowest BCUT2D eigenvalue weighted by Gasteiger charge is -2.24. The molecule has 3 unspecified atom stereocenters. The van der Waals surface area contributed by atoms with Gasteiger partial charge in [-0.05, 0) is 51.4 Å². The molecule has 0 saturated carbocycles. The van der Waals surface area contributed by atoms with Gasteiger partial charge in [0.1, 0.15) is 5.75 Å². The molecule has 0 amide bonds. The van der Waals surface area contributed by atoms with Gasteiger partial charge < -0.3 is 14.8 Å². The molecule has 1 aliphatic heterocycles. The lowest BCUT2D eigenvalue weighted by atomic mass is 9.91. The van der Waals surface area contributed by atoms with Crippen LogP contribution in [0.25, 0.3) is 0 Å². The first-order valence-corrected chi connectivity index (χ1v) is 7.71. The van der Waals surface area contributed by atoms with Crippen molar-refractivity contribution in [2.24, 2.45) is 5.92 Å². The standard InChI is InChI=1S/C17H27NO2/c1-5-18-17(15-10-13(4)19-11-15)14-6-8-16(9-7-14)20-12(2)3/h6-9,12-13,15,17-18H,5,10-11H2,1-4H3. The van der Waals surface area contributed by atoms with E-state index in [1.165, 1.54) is 5.56 Å². The number of hydrogen-bond acceptors (Lipinski definition) is 3. The van der Waals surface area contributed by atoms with Gasteiger partial charge in [0.15, 0.2) is 0 Å². The summed E-state index contributed by atoms with van der Waals surface area (Å²) in [6, 6.07) is 8.86. The van der Waals surface area contributed by atoms with Crippen molar-refractivity contribution in [3.05, 3.63) is 29.8 Å². The van der Waals surface area contributed by atoms with Gasteiger partial charge in [0.05, 0.1) is 18.8 Å². The van der Waals surface area contributed by atoms with E-state index in [0.717, 1.165) is 25.3 Å². The van der Waals surface area contributed by atoms with Gasteiger partial charge in [0.2, 0.25) is 0 Å². The van der Waals surface area contributed by atoms with Crippen molar-refractivity contribution in [3.63, 3.8) is 0 Å². The molecular formula is C17H27NO2. The molecule has 1 heterocycles. The van der Waals surface area contributed by atoms with Crippen LogP contribution in [0.1, 0.15) is 45.7 Å². The predicted octanol–water partition coefficient (Wildman–Crippen LogP) is 3.55. The van der Waals surface area contributed by atoms with E-state index in [-0.39, 0.29) is 6.10 Å². The average molecular weight is 277 g/mol.